The molecule has 1 N–H and O–H groups in total. The predicted molar refractivity (Wildman–Crippen MR) is 75.0 cm³/mol. The van der Waals surface area contributed by atoms with Crippen LogP contribution in [0.25, 0.3) is 11.8 Å². The number of carbonyl (C=O) groups excluding carboxylic acids is 1. The van der Waals surface area contributed by atoms with Crippen LogP contribution in [-0.4, -0.2) is 5.91 Å². The van der Waals surface area contributed by atoms with Crippen LogP contribution < -0.4 is 9.88 Å². The van der Waals surface area contributed by atoms with Crippen molar-refractivity contribution >= 4 is 23.5 Å². The first-order valence-corrected chi connectivity index (χ1v) is 6.10. The number of nitrogens with zero attached hydrogens (tertiary/aromatic N) is 1. The number of pyridine rings is 1. The van der Waals surface area contributed by atoms with Gasteiger partial charge in [0.15, 0.2) is 0 Å². The van der Waals surface area contributed by atoms with E-state index in [1.165, 1.54) is 0 Å². The van der Waals surface area contributed by atoms with Crippen LogP contribution in [0, 0.1) is 0 Å². The molecule has 2 aromatic rings. The monoisotopic (exact) mass is 249 g/mol. The zero-order valence-electron chi connectivity index (χ0n) is 10.3. The van der Waals surface area contributed by atoms with Gasteiger partial charge in [-0.15, -0.1) is 0 Å². The largest absolute Gasteiger partial charge is 0.379 e. The molecule has 1 aromatic heterocycles. The molecule has 1 aromatic carbocycles. The molecule has 2 heterocycles. The van der Waals surface area contributed by atoms with Gasteiger partial charge in [-0.2, -0.15) is 4.57 Å². The summed E-state index contributed by atoms with van der Waals surface area (Å²) in [6.07, 6.45) is 7.55. The van der Waals surface area contributed by atoms with E-state index in [0.29, 0.717) is 5.70 Å². The second kappa shape index (κ2) is 4.90. The Balaban J connectivity index is 1.89. The van der Waals surface area contributed by atoms with Crippen LogP contribution in [0.3, 0.4) is 0 Å². The van der Waals surface area contributed by atoms with Crippen molar-refractivity contribution in [1.29, 1.82) is 0 Å². The van der Waals surface area contributed by atoms with Gasteiger partial charge in [0, 0.05) is 6.07 Å². The summed E-state index contributed by atoms with van der Waals surface area (Å²) in [6, 6.07) is 15.7. The molecule has 0 spiro atoms. The highest BCUT2D eigenvalue weighted by molar-refractivity contribution is 6.19. The zero-order chi connectivity index (χ0) is 13.1. The van der Waals surface area contributed by atoms with Crippen molar-refractivity contribution in [2.75, 3.05) is 5.32 Å². The lowest BCUT2D eigenvalue weighted by molar-refractivity contribution is -0.556. The fraction of sp³-hybridized carbons (Fsp3) is 0. The summed E-state index contributed by atoms with van der Waals surface area (Å²) in [7, 11) is 0. The number of aromatic nitrogens is 1. The maximum absolute atomic E-state index is 11.8. The van der Waals surface area contributed by atoms with Crippen molar-refractivity contribution in [2.24, 2.45) is 0 Å². The first-order chi connectivity index (χ1) is 9.34. The van der Waals surface area contributed by atoms with Gasteiger partial charge in [-0.05, 0) is 17.7 Å². The first-order valence-electron chi connectivity index (χ1n) is 6.10. The van der Waals surface area contributed by atoms with Crippen molar-refractivity contribution in [2.45, 2.75) is 0 Å². The highest BCUT2D eigenvalue weighted by atomic mass is 16.2. The van der Waals surface area contributed by atoms with Crippen molar-refractivity contribution in [3.8, 4) is 0 Å². The Labute approximate surface area is 111 Å². The fourth-order valence-electron chi connectivity index (χ4n) is 2.02. The topological polar surface area (TPSA) is 33.0 Å². The summed E-state index contributed by atoms with van der Waals surface area (Å²) in [6.45, 7) is 0. The number of nitrogens with one attached hydrogen (secondary N) is 1. The number of hydrogen-bond acceptors (Lipinski definition) is 1. The Morgan fingerprint density at radius 1 is 1.00 bits per heavy atom. The van der Waals surface area contributed by atoms with Gasteiger partial charge in [0.05, 0.1) is 6.20 Å². The Bertz CT molecular complexity index is 672. The minimum atomic E-state index is -0.0797. The average Bonchev–Trinajstić information content (AvgIpc) is 2.76. The van der Waals surface area contributed by atoms with Gasteiger partial charge in [-0.3, -0.25) is 0 Å². The maximum atomic E-state index is 11.8. The number of allylic oxidation sites excluding steroid dienone is 2. The number of hydrogen-bond donors (Lipinski definition) is 1. The van der Waals surface area contributed by atoms with Crippen LogP contribution in [0.15, 0.2) is 66.9 Å². The van der Waals surface area contributed by atoms with E-state index in [0.717, 1.165) is 11.4 Å². The summed E-state index contributed by atoms with van der Waals surface area (Å²) in [5, 5.41) is 2.82. The molecular weight excluding hydrogens is 236 g/mol. The van der Waals surface area contributed by atoms with E-state index in [-0.39, 0.29) is 5.91 Å². The SMILES string of the molecule is O=C1Nc2cccc[n+]2C1=CC=Cc1ccccc1. The second-order valence-corrected chi connectivity index (χ2v) is 4.23. The molecule has 19 heavy (non-hydrogen) atoms. The summed E-state index contributed by atoms with van der Waals surface area (Å²) in [5.74, 6) is 0.718. The van der Waals surface area contributed by atoms with Crippen molar-refractivity contribution in [1.82, 2.24) is 0 Å². The summed E-state index contributed by atoms with van der Waals surface area (Å²) >= 11 is 0. The molecular formula is C16H13N2O+. The van der Waals surface area contributed by atoms with Crippen LogP contribution in [0.5, 0.6) is 0 Å². The number of anilines is 1. The van der Waals surface area contributed by atoms with E-state index >= 15 is 0 Å². The summed E-state index contributed by atoms with van der Waals surface area (Å²) in [4.78, 5) is 11.8. The van der Waals surface area contributed by atoms with E-state index in [4.69, 9.17) is 0 Å². The molecule has 0 fully saturated rings. The Hall–Kier alpha value is -2.68. The number of amides is 1. The number of benzene rings is 1. The standard InChI is InChI=1S/C16H12N2O/c19-16-14(18-12-5-4-11-15(18)17-16)10-6-9-13-7-2-1-3-8-13/h1-12H/p+1. The third-order valence-corrected chi connectivity index (χ3v) is 2.94. The Morgan fingerprint density at radius 2 is 1.79 bits per heavy atom. The molecule has 1 amide bonds. The van der Waals surface area contributed by atoms with Gasteiger partial charge in [0.2, 0.25) is 5.70 Å². The normalized spacial score (nSPS) is 15.8. The summed E-state index contributed by atoms with van der Waals surface area (Å²) < 4.78 is 1.84. The molecule has 0 aliphatic carbocycles. The van der Waals surface area contributed by atoms with Crippen LogP contribution in [0.4, 0.5) is 5.82 Å². The molecule has 0 radical (unpaired) electrons. The summed E-state index contributed by atoms with van der Waals surface area (Å²) in [5.41, 5.74) is 1.74. The molecule has 0 saturated carbocycles. The molecule has 0 bridgehead atoms. The van der Waals surface area contributed by atoms with Crippen LogP contribution in [0.1, 0.15) is 5.56 Å². The quantitative estimate of drug-likeness (QED) is 0.643. The van der Waals surface area contributed by atoms with Crippen molar-refractivity contribution < 1.29 is 9.36 Å². The third kappa shape index (κ3) is 2.31. The minimum Gasteiger partial charge on any atom is -0.237 e. The van der Waals surface area contributed by atoms with Crippen LogP contribution >= 0.6 is 0 Å². The van der Waals surface area contributed by atoms with Gasteiger partial charge < -0.3 is 0 Å². The van der Waals surface area contributed by atoms with Crippen LogP contribution in [0.2, 0.25) is 0 Å². The molecule has 0 atom stereocenters. The van der Waals surface area contributed by atoms with Gasteiger partial charge >= 0.3 is 5.91 Å². The van der Waals surface area contributed by atoms with Crippen LogP contribution in [-0.2, 0) is 4.79 Å². The molecule has 0 unspecified atom stereocenters. The first kappa shape index (κ1) is 11.4. The number of carbonyl (C=O) groups is 1. The third-order valence-electron chi connectivity index (χ3n) is 2.94. The van der Waals surface area contributed by atoms with Gasteiger partial charge in [-0.1, -0.05) is 48.6 Å². The van der Waals surface area contributed by atoms with Crippen molar-refractivity contribution in [3.63, 3.8) is 0 Å². The molecule has 0 saturated heterocycles. The lowest BCUT2D eigenvalue weighted by atomic mass is 10.2. The van der Waals surface area contributed by atoms with Gasteiger partial charge in [0.25, 0.3) is 5.82 Å². The number of rotatable bonds is 2. The molecule has 3 nitrogen and oxygen atoms in total. The molecule has 1 aliphatic rings. The van der Waals surface area contributed by atoms with E-state index in [1.54, 1.807) is 0 Å². The molecule has 3 heteroatoms. The average molecular weight is 249 g/mol. The zero-order valence-corrected chi connectivity index (χ0v) is 10.3. The Morgan fingerprint density at radius 3 is 2.63 bits per heavy atom. The molecule has 3 rings (SSSR count). The highest BCUT2D eigenvalue weighted by Crippen LogP contribution is 2.13. The number of fused-ring (bicyclic) bond motifs is 1. The second-order valence-electron chi connectivity index (χ2n) is 4.23. The van der Waals surface area contributed by atoms with Gasteiger partial charge in [0.1, 0.15) is 0 Å². The predicted octanol–water partition coefficient (Wildman–Crippen LogP) is 2.48. The molecule has 92 valence electrons. The Kier molecular flexibility index (Phi) is 2.94. The maximum Gasteiger partial charge on any atom is 0.379 e. The molecule has 1 aliphatic heterocycles. The minimum absolute atomic E-state index is 0.0797. The van der Waals surface area contributed by atoms with Gasteiger partial charge in [-0.25, -0.2) is 10.1 Å². The smallest absolute Gasteiger partial charge is 0.237 e. The lowest BCUT2D eigenvalue weighted by Crippen LogP contribution is -2.29. The fourth-order valence-corrected chi connectivity index (χ4v) is 2.02. The lowest BCUT2D eigenvalue weighted by Gasteiger charge is -1.92. The van der Waals surface area contributed by atoms with E-state index in [9.17, 15) is 4.79 Å². The highest BCUT2D eigenvalue weighted by Gasteiger charge is 2.31. The van der Waals surface area contributed by atoms with E-state index < -0.39 is 0 Å². The van der Waals surface area contributed by atoms with E-state index in [1.807, 2.05) is 77.5 Å². The van der Waals surface area contributed by atoms with Crippen molar-refractivity contribution in [3.05, 3.63) is 72.4 Å². The van der Waals surface area contributed by atoms with E-state index in [2.05, 4.69) is 5.32 Å².